The van der Waals surface area contributed by atoms with Crippen molar-refractivity contribution in [3.63, 3.8) is 0 Å². The van der Waals surface area contributed by atoms with Gasteiger partial charge < -0.3 is 14.2 Å². The Hall–Kier alpha value is -1.10. The number of carbonyl (C=O) groups is 1. The lowest BCUT2D eigenvalue weighted by molar-refractivity contribution is -0.144. The maximum absolute atomic E-state index is 11.5. The molecule has 0 aromatic heterocycles. The molecule has 18 heavy (non-hydrogen) atoms. The number of ether oxygens (including phenoxy) is 3. The van der Waals surface area contributed by atoms with Crippen LogP contribution in [0.2, 0.25) is 0 Å². The number of hydrogen-bond acceptors (Lipinski definition) is 5. The molecule has 5 nitrogen and oxygen atoms in total. The van der Waals surface area contributed by atoms with Gasteiger partial charge >= 0.3 is 5.97 Å². The molecule has 2 fully saturated rings. The molecule has 1 heterocycles. The molecule has 0 amide bonds. The van der Waals surface area contributed by atoms with E-state index in [-0.39, 0.29) is 12.1 Å². The summed E-state index contributed by atoms with van der Waals surface area (Å²) >= 11 is 0. The molecule has 0 N–H and O–H groups in total. The van der Waals surface area contributed by atoms with Gasteiger partial charge in [-0.15, -0.1) is 0 Å². The van der Waals surface area contributed by atoms with Gasteiger partial charge in [0.25, 0.3) is 0 Å². The van der Waals surface area contributed by atoms with Crippen LogP contribution in [0.4, 0.5) is 0 Å². The Morgan fingerprint density at radius 2 is 1.83 bits per heavy atom. The third-order valence-corrected chi connectivity index (χ3v) is 3.18. The highest BCUT2D eigenvalue weighted by Gasteiger charge is 2.51. The summed E-state index contributed by atoms with van der Waals surface area (Å²) in [7, 11) is 0. The monoisotopic (exact) mass is 255 g/mol. The lowest BCUT2D eigenvalue weighted by Crippen LogP contribution is -2.22. The SMILES string of the molecule is CCOC(=O)C1OC1C(=NC1CCCC1)OCC. The Kier molecular flexibility index (Phi) is 4.58. The molecule has 2 atom stereocenters. The molecule has 102 valence electrons. The first-order valence-electron chi connectivity index (χ1n) is 6.78. The third-order valence-electron chi connectivity index (χ3n) is 3.18. The van der Waals surface area contributed by atoms with E-state index >= 15 is 0 Å². The number of aliphatic imine (C=N–C) groups is 1. The second-order valence-corrected chi connectivity index (χ2v) is 4.57. The molecule has 0 radical (unpaired) electrons. The number of nitrogens with zero attached hydrogens (tertiary/aromatic N) is 1. The minimum absolute atomic E-state index is 0.318. The summed E-state index contributed by atoms with van der Waals surface area (Å²) in [5, 5.41) is 0. The number of esters is 1. The van der Waals surface area contributed by atoms with Crippen molar-refractivity contribution in [3.05, 3.63) is 0 Å². The molecule has 1 aliphatic carbocycles. The van der Waals surface area contributed by atoms with Crippen molar-refractivity contribution in [1.82, 2.24) is 0 Å². The number of rotatable bonds is 5. The fraction of sp³-hybridized carbons (Fsp3) is 0.846. The quantitative estimate of drug-likeness (QED) is 0.325. The van der Waals surface area contributed by atoms with Gasteiger partial charge in [0, 0.05) is 0 Å². The van der Waals surface area contributed by atoms with Crippen LogP contribution < -0.4 is 0 Å². The minimum Gasteiger partial charge on any atom is -0.479 e. The van der Waals surface area contributed by atoms with Crippen molar-refractivity contribution in [2.75, 3.05) is 13.2 Å². The summed E-state index contributed by atoms with van der Waals surface area (Å²) < 4.78 is 15.7. The van der Waals surface area contributed by atoms with E-state index in [1.807, 2.05) is 6.92 Å². The van der Waals surface area contributed by atoms with Gasteiger partial charge in [-0.25, -0.2) is 9.79 Å². The van der Waals surface area contributed by atoms with Crippen LogP contribution in [0.5, 0.6) is 0 Å². The minimum atomic E-state index is -0.517. The molecule has 1 saturated heterocycles. The lowest BCUT2D eigenvalue weighted by atomic mass is 10.2. The molecule has 2 aliphatic rings. The predicted octanol–water partition coefficient (Wildman–Crippen LogP) is 1.69. The number of epoxide rings is 1. The number of carbonyl (C=O) groups excluding carboxylic acids is 1. The van der Waals surface area contributed by atoms with Crippen LogP contribution in [0.3, 0.4) is 0 Å². The zero-order valence-electron chi connectivity index (χ0n) is 11.1. The summed E-state index contributed by atoms with van der Waals surface area (Å²) in [5.74, 6) is 0.253. The summed E-state index contributed by atoms with van der Waals surface area (Å²) in [4.78, 5) is 16.1. The second-order valence-electron chi connectivity index (χ2n) is 4.57. The molecule has 0 spiro atoms. The molecule has 0 aromatic rings. The van der Waals surface area contributed by atoms with Crippen molar-refractivity contribution < 1.29 is 19.0 Å². The average Bonchev–Trinajstić information content (AvgIpc) is 3.00. The molecule has 2 rings (SSSR count). The van der Waals surface area contributed by atoms with Crippen molar-refractivity contribution in [2.45, 2.75) is 57.8 Å². The Bertz CT molecular complexity index is 323. The van der Waals surface area contributed by atoms with Gasteiger partial charge in [-0.3, -0.25) is 0 Å². The fourth-order valence-corrected chi connectivity index (χ4v) is 2.26. The summed E-state index contributed by atoms with van der Waals surface area (Å²) in [6.07, 6.45) is 3.81. The van der Waals surface area contributed by atoms with Crippen LogP contribution in [-0.4, -0.2) is 43.3 Å². The summed E-state index contributed by atoms with van der Waals surface area (Å²) in [5.41, 5.74) is 0. The number of hydrogen-bond donors (Lipinski definition) is 0. The molecule has 1 aliphatic heterocycles. The first-order valence-corrected chi connectivity index (χ1v) is 6.78. The van der Waals surface area contributed by atoms with E-state index in [9.17, 15) is 4.79 Å². The molecular formula is C13H21NO4. The van der Waals surface area contributed by atoms with Crippen LogP contribution in [0.25, 0.3) is 0 Å². The molecule has 2 unspecified atom stereocenters. The van der Waals surface area contributed by atoms with Crippen molar-refractivity contribution in [1.29, 1.82) is 0 Å². The first kappa shape index (κ1) is 13.3. The normalized spacial score (nSPS) is 28.2. The molecule has 0 bridgehead atoms. The van der Waals surface area contributed by atoms with E-state index in [0.29, 0.717) is 25.2 Å². The zero-order valence-corrected chi connectivity index (χ0v) is 11.1. The van der Waals surface area contributed by atoms with E-state index in [4.69, 9.17) is 14.2 Å². The van der Waals surface area contributed by atoms with Gasteiger partial charge in [0.1, 0.15) is 0 Å². The van der Waals surface area contributed by atoms with E-state index in [2.05, 4.69) is 4.99 Å². The zero-order chi connectivity index (χ0) is 13.0. The Labute approximate surface area is 108 Å². The fourth-order valence-electron chi connectivity index (χ4n) is 2.26. The Balaban J connectivity index is 1.93. The van der Waals surface area contributed by atoms with Crippen LogP contribution in [-0.2, 0) is 19.0 Å². The Morgan fingerprint density at radius 1 is 1.17 bits per heavy atom. The van der Waals surface area contributed by atoms with Gasteiger partial charge in [-0.1, -0.05) is 12.8 Å². The van der Waals surface area contributed by atoms with Crippen molar-refractivity contribution in [2.24, 2.45) is 4.99 Å². The third kappa shape index (κ3) is 3.22. The van der Waals surface area contributed by atoms with Crippen molar-refractivity contribution in [3.8, 4) is 0 Å². The highest BCUT2D eigenvalue weighted by molar-refractivity contribution is 5.92. The smallest absolute Gasteiger partial charge is 0.338 e. The van der Waals surface area contributed by atoms with Gasteiger partial charge in [-0.2, -0.15) is 0 Å². The Morgan fingerprint density at radius 3 is 2.44 bits per heavy atom. The molecule has 1 saturated carbocycles. The van der Waals surface area contributed by atoms with Crippen LogP contribution in [0.15, 0.2) is 4.99 Å². The van der Waals surface area contributed by atoms with Crippen LogP contribution >= 0.6 is 0 Å². The van der Waals surface area contributed by atoms with Gasteiger partial charge in [0.2, 0.25) is 5.90 Å². The molecular weight excluding hydrogens is 234 g/mol. The largest absolute Gasteiger partial charge is 0.479 e. The van der Waals surface area contributed by atoms with E-state index in [1.165, 1.54) is 12.8 Å². The maximum atomic E-state index is 11.5. The second kappa shape index (κ2) is 6.18. The lowest BCUT2D eigenvalue weighted by Gasteiger charge is -2.08. The average molecular weight is 255 g/mol. The van der Waals surface area contributed by atoms with Crippen LogP contribution in [0.1, 0.15) is 39.5 Å². The van der Waals surface area contributed by atoms with E-state index < -0.39 is 6.10 Å². The van der Waals surface area contributed by atoms with Crippen molar-refractivity contribution >= 4 is 11.9 Å². The van der Waals surface area contributed by atoms with Gasteiger partial charge in [0.15, 0.2) is 12.2 Å². The van der Waals surface area contributed by atoms with Gasteiger partial charge in [0.05, 0.1) is 19.3 Å². The first-order chi connectivity index (χ1) is 8.76. The highest BCUT2D eigenvalue weighted by atomic mass is 16.7. The molecule has 0 aromatic carbocycles. The van der Waals surface area contributed by atoms with Gasteiger partial charge in [-0.05, 0) is 26.7 Å². The standard InChI is InChI=1S/C13H21NO4/c1-3-16-12(14-9-7-5-6-8-9)10-11(18-10)13(15)17-4-2/h9-11H,3-8H2,1-2H3. The topological polar surface area (TPSA) is 60.4 Å². The highest BCUT2D eigenvalue weighted by Crippen LogP contribution is 2.28. The summed E-state index contributed by atoms with van der Waals surface area (Å²) in [6, 6.07) is 0.332. The van der Waals surface area contributed by atoms with Crippen LogP contribution in [0, 0.1) is 0 Å². The van der Waals surface area contributed by atoms with E-state index in [0.717, 1.165) is 12.8 Å². The summed E-state index contributed by atoms with van der Waals surface area (Å²) in [6.45, 7) is 4.60. The van der Waals surface area contributed by atoms with E-state index in [1.54, 1.807) is 6.92 Å². The predicted molar refractivity (Wildman–Crippen MR) is 66.6 cm³/mol. The molecule has 5 heteroatoms. The maximum Gasteiger partial charge on any atom is 0.338 e.